The van der Waals surface area contributed by atoms with Gasteiger partial charge in [-0.1, -0.05) is 60.3 Å². The van der Waals surface area contributed by atoms with Crippen molar-refractivity contribution in [3.05, 3.63) is 83.0 Å². The molecule has 4 rings (SSSR count). The van der Waals surface area contributed by atoms with Gasteiger partial charge in [-0.2, -0.15) is 0 Å². The Balaban J connectivity index is 1.59. The second-order valence-corrected chi connectivity index (χ2v) is 8.69. The smallest absolute Gasteiger partial charge is 0.237 e. The molecule has 6 nitrogen and oxygen atoms in total. The van der Waals surface area contributed by atoms with Crippen molar-refractivity contribution in [1.82, 2.24) is 14.8 Å². The van der Waals surface area contributed by atoms with E-state index in [0.29, 0.717) is 28.0 Å². The minimum Gasteiger partial charge on any atom is -0.446 e. The maximum absolute atomic E-state index is 12.7. The fraction of sp³-hybridized carbons (Fsp3) is 0.136. The molecule has 8 heteroatoms. The van der Waals surface area contributed by atoms with E-state index < -0.39 is 0 Å². The SMILES string of the molecule is CC(Sc1nnc(-c2ccc(Br)o2)n1Cc1ccccc1)C(=O)Nc1ccccc1. The second-order valence-electron chi connectivity index (χ2n) is 6.60. The molecule has 0 fully saturated rings. The van der Waals surface area contributed by atoms with Crippen LogP contribution in [0.4, 0.5) is 5.69 Å². The Bertz CT molecular complexity index is 1130. The van der Waals surface area contributed by atoms with E-state index in [1.165, 1.54) is 11.8 Å². The average Bonchev–Trinajstić information content (AvgIpc) is 3.35. The lowest BCUT2D eigenvalue weighted by molar-refractivity contribution is -0.115. The van der Waals surface area contributed by atoms with Gasteiger partial charge in [-0.15, -0.1) is 10.2 Å². The van der Waals surface area contributed by atoms with Crippen molar-refractivity contribution in [2.24, 2.45) is 0 Å². The predicted molar refractivity (Wildman–Crippen MR) is 121 cm³/mol. The summed E-state index contributed by atoms with van der Waals surface area (Å²) in [5.74, 6) is 1.13. The normalized spacial score (nSPS) is 11.9. The molecule has 0 bridgehead atoms. The third-order valence-electron chi connectivity index (χ3n) is 4.39. The number of carbonyl (C=O) groups excluding carboxylic acids is 1. The van der Waals surface area contributed by atoms with Crippen LogP contribution in [0.25, 0.3) is 11.6 Å². The van der Waals surface area contributed by atoms with Gasteiger partial charge in [-0.05, 0) is 52.7 Å². The number of thioether (sulfide) groups is 1. The van der Waals surface area contributed by atoms with Gasteiger partial charge in [0.05, 0.1) is 11.8 Å². The lowest BCUT2D eigenvalue weighted by Crippen LogP contribution is -2.23. The van der Waals surface area contributed by atoms with Gasteiger partial charge >= 0.3 is 0 Å². The molecule has 30 heavy (non-hydrogen) atoms. The number of halogens is 1. The Morgan fingerprint density at radius 1 is 1.07 bits per heavy atom. The van der Waals surface area contributed by atoms with E-state index in [-0.39, 0.29) is 11.2 Å². The van der Waals surface area contributed by atoms with E-state index in [4.69, 9.17) is 4.42 Å². The number of amides is 1. The summed E-state index contributed by atoms with van der Waals surface area (Å²) in [5, 5.41) is 11.9. The summed E-state index contributed by atoms with van der Waals surface area (Å²) in [7, 11) is 0. The number of aromatic nitrogens is 3. The molecule has 0 spiro atoms. The number of nitrogens with zero attached hydrogens (tertiary/aromatic N) is 3. The number of benzene rings is 2. The second kappa shape index (κ2) is 9.32. The van der Waals surface area contributed by atoms with Gasteiger partial charge in [0.25, 0.3) is 0 Å². The van der Waals surface area contributed by atoms with Gasteiger partial charge in [-0.3, -0.25) is 9.36 Å². The molecule has 0 radical (unpaired) electrons. The van der Waals surface area contributed by atoms with Crippen molar-refractivity contribution in [2.45, 2.75) is 23.9 Å². The largest absolute Gasteiger partial charge is 0.446 e. The molecule has 1 amide bonds. The van der Waals surface area contributed by atoms with Gasteiger partial charge in [0.2, 0.25) is 11.7 Å². The highest BCUT2D eigenvalue weighted by atomic mass is 79.9. The van der Waals surface area contributed by atoms with Crippen LogP contribution < -0.4 is 5.32 Å². The Labute approximate surface area is 186 Å². The first-order chi connectivity index (χ1) is 14.6. The van der Waals surface area contributed by atoms with E-state index >= 15 is 0 Å². The van der Waals surface area contributed by atoms with Gasteiger partial charge < -0.3 is 9.73 Å². The summed E-state index contributed by atoms with van der Waals surface area (Å²) in [6.45, 7) is 2.42. The Morgan fingerprint density at radius 3 is 2.43 bits per heavy atom. The predicted octanol–water partition coefficient (Wildman–Crippen LogP) is 5.47. The van der Waals surface area contributed by atoms with Crippen molar-refractivity contribution in [1.29, 1.82) is 0 Å². The molecule has 0 aliphatic rings. The number of anilines is 1. The molecule has 152 valence electrons. The zero-order valence-corrected chi connectivity index (χ0v) is 18.6. The fourth-order valence-corrected chi connectivity index (χ4v) is 4.03. The van der Waals surface area contributed by atoms with E-state index in [9.17, 15) is 4.79 Å². The summed E-state index contributed by atoms with van der Waals surface area (Å²) >= 11 is 4.70. The number of rotatable bonds is 7. The van der Waals surface area contributed by atoms with Crippen LogP contribution in [-0.4, -0.2) is 25.9 Å². The van der Waals surface area contributed by atoms with Crippen LogP contribution in [0.5, 0.6) is 0 Å². The first kappa shape index (κ1) is 20.4. The zero-order valence-electron chi connectivity index (χ0n) is 16.2. The molecule has 2 heterocycles. The van der Waals surface area contributed by atoms with Crippen molar-refractivity contribution in [3.8, 4) is 11.6 Å². The fourth-order valence-electron chi connectivity index (χ4n) is 2.88. The molecule has 0 aliphatic heterocycles. The molecule has 2 aromatic heterocycles. The molecule has 4 aromatic rings. The number of furan rings is 1. The third-order valence-corrected chi connectivity index (χ3v) is 5.89. The summed E-state index contributed by atoms with van der Waals surface area (Å²) < 4.78 is 8.29. The van der Waals surface area contributed by atoms with E-state index in [2.05, 4.69) is 31.4 Å². The molecule has 1 unspecified atom stereocenters. The molecule has 1 atom stereocenters. The van der Waals surface area contributed by atoms with Crippen LogP contribution in [-0.2, 0) is 11.3 Å². The van der Waals surface area contributed by atoms with Crippen LogP contribution >= 0.6 is 27.7 Å². The number of hydrogen-bond donors (Lipinski definition) is 1. The minimum atomic E-state index is -0.361. The monoisotopic (exact) mass is 482 g/mol. The van der Waals surface area contributed by atoms with Crippen molar-refractivity contribution in [3.63, 3.8) is 0 Å². The van der Waals surface area contributed by atoms with Crippen LogP contribution in [0.2, 0.25) is 0 Å². The number of nitrogens with one attached hydrogen (secondary N) is 1. The number of para-hydroxylation sites is 1. The molecular formula is C22H19BrN4O2S. The maximum Gasteiger partial charge on any atom is 0.237 e. The molecular weight excluding hydrogens is 464 g/mol. The summed E-state index contributed by atoms with van der Waals surface area (Å²) in [6, 6.07) is 23.1. The number of hydrogen-bond acceptors (Lipinski definition) is 5. The van der Waals surface area contributed by atoms with E-state index in [1.54, 1.807) is 0 Å². The number of carbonyl (C=O) groups is 1. The zero-order chi connectivity index (χ0) is 20.9. The summed E-state index contributed by atoms with van der Waals surface area (Å²) in [5.41, 5.74) is 1.87. The highest BCUT2D eigenvalue weighted by Crippen LogP contribution is 2.30. The van der Waals surface area contributed by atoms with E-state index in [1.807, 2.05) is 84.3 Å². The third kappa shape index (κ3) is 4.83. The van der Waals surface area contributed by atoms with Gasteiger partial charge in [0, 0.05) is 5.69 Å². The minimum absolute atomic E-state index is 0.0947. The van der Waals surface area contributed by atoms with Crippen LogP contribution in [0, 0.1) is 0 Å². The summed E-state index contributed by atoms with van der Waals surface area (Å²) in [4.78, 5) is 12.7. The Morgan fingerprint density at radius 2 is 1.77 bits per heavy atom. The van der Waals surface area contributed by atoms with Crippen molar-refractivity contribution >= 4 is 39.3 Å². The standard InChI is InChI=1S/C22H19BrN4O2S/c1-15(21(28)24-17-10-6-3-7-11-17)30-22-26-25-20(18-12-13-19(23)29-18)27(22)14-16-8-4-2-5-9-16/h2-13,15H,14H2,1H3,(H,24,28). The van der Waals surface area contributed by atoms with Crippen LogP contribution in [0.1, 0.15) is 12.5 Å². The highest BCUT2D eigenvalue weighted by Gasteiger charge is 2.22. The van der Waals surface area contributed by atoms with Crippen LogP contribution in [0.3, 0.4) is 0 Å². The Hall–Kier alpha value is -2.84. The Kier molecular flexibility index (Phi) is 6.35. The quantitative estimate of drug-likeness (QED) is 0.353. The molecule has 0 aliphatic carbocycles. The topological polar surface area (TPSA) is 73.0 Å². The molecule has 0 saturated heterocycles. The van der Waals surface area contributed by atoms with Crippen molar-refractivity contribution in [2.75, 3.05) is 5.32 Å². The lowest BCUT2D eigenvalue weighted by atomic mass is 10.2. The molecule has 2 aromatic carbocycles. The molecule has 0 saturated carbocycles. The first-order valence-electron chi connectivity index (χ1n) is 9.35. The highest BCUT2D eigenvalue weighted by molar-refractivity contribution is 9.10. The summed E-state index contributed by atoms with van der Waals surface area (Å²) in [6.07, 6.45) is 0. The van der Waals surface area contributed by atoms with Gasteiger partial charge in [-0.25, -0.2) is 0 Å². The first-order valence-corrected chi connectivity index (χ1v) is 11.0. The molecule has 1 N–H and O–H groups in total. The van der Waals surface area contributed by atoms with Gasteiger partial charge in [0.15, 0.2) is 15.6 Å². The lowest BCUT2D eigenvalue weighted by Gasteiger charge is -2.13. The average molecular weight is 483 g/mol. The van der Waals surface area contributed by atoms with Gasteiger partial charge in [0.1, 0.15) is 0 Å². The van der Waals surface area contributed by atoms with Crippen molar-refractivity contribution < 1.29 is 9.21 Å². The van der Waals surface area contributed by atoms with E-state index in [0.717, 1.165) is 11.3 Å². The maximum atomic E-state index is 12.7. The van der Waals surface area contributed by atoms with Crippen LogP contribution in [0.15, 0.2) is 87.0 Å².